The monoisotopic (exact) mass is 292 g/mol. The number of nitrogens with zero attached hydrogens (tertiary/aromatic N) is 1. The summed E-state index contributed by atoms with van der Waals surface area (Å²) in [5.41, 5.74) is 1.05. The van der Waals surface area contributed by atoms with E-state index in [4.69, 9.17) is 5.11 Å². The molecule has 0 saturated heterocycles. The molecule has 0 atom stereocenters. The third kappa shape index (κ3) is 8.09. The Morgan fingerprint density at radius 2 is 1.90 bits per heavy atom. The Labute approximate surface area is 126 Å². The van der Waals surface area contributed by atoms with Gasteiger partial charge in [0, 0.05) is 19.6 Å². The number of hydrogen-bond acceptors (Lipinski definition) is 3. The van der Waals surface area contributed by atoms with Crippen LogP contribution in [0.2, 0.25) is 0 Å². The second-order valence-corrected chi connectivity index (χ2v) is 5.54. The maximum Gasteiger partial charge on any atom is 0.304 e. The predicted octanol–water partition coefficient (Wildman–Crippen LogP) is 1.74. The van der Waals surface area contributed by atoms with Gasteiger partial charge in [-0.2, -0.15) is 0 Å². The van der Waals surface area contributed by atoms with Crippen LogP contribution in [0.3, 0.4) is 0 Å². The quantitative estimate of drug-likeness (QED) is 0.727. The molecule has 2 N–H and O–H groups in total. The summed E-state index contributed by atoms with van der Waals surface area (Å²) in [4.78, 5) is 24.5. The van der Waals surface area contributed by atoms with Crippen LogP contribution in [0, 0.1) is 5.92 Å². The van der Waals surface area contributed by atoms with Crippen molar-refractivity contribution in [3.05, 3.63) is 35.9 Å². The number of carbonyl (C=O) groups is 2. The lowest BCUT2D eigenvalue weighted by Gasteiger charge is -2.22. The number of carboxylic acid groups (broad SMARTS) is 1. The van der Waals surface area contributed by atoms with E-state index in [-0.39, 0.29) is 18.9 Å². The third-order valence-electron chi connectivity index (χ3n) is 2.96. The van der Waals surface area contributed by atoms with Crippen molar-refractivity contribution < 1.29 is 14.7 Å². The number of hydrogen-bond donors (Lipinski definition) is 2. The minimum atomic E-state index is -0.839. The topological polar surface area (TPSA) is 69.6 Å². The van der Waals surface area contributed by atoms with Gasteiger partial charge in [0.1, 0.15) is 0 Å². The summed E-state index contributed by atoms with van der Waals surface area (Å²) in [7, 11) is 0. The van der Waals surface area contributed by atoms with Gasteiger partial charge in [0.05, 0.1) is 13.0 Å². The molecule has 21 heavy (non-hydrogen) atoms. The molecule has 0 fully saturated rings. The first-order chi connectivity index (χ1) is 9.97. The van der Waals surface area contributed by atoms with Gasteiger partial charge in [0.25, 0.3) is 0 Å². The molecular weight excluding hydrogens is 268 g/mol. The Bertz CT molecular complexity index is 446. The molecule has 1 amide bonds. The number of amides is 1. The van der Waals surface area contributed by atoms with E-state index in [2.05, 4.69) is 19.2 Å². The fraction of sp³-hybridized carbons (Fsp3) is 0.500. The predicted molar refractivity (Wildman–Crippen MR) is 81.8 cm³/mol. The van der Waals surface area contributed by atoms with Crippen LogP contribution in [0.4, 0.5) is 0 Å². The van der Waals surface area contributed by atoms with Crippen molar-refractivity contribution in [1.29, 1.82) is 0 Å². The molecule has 0 radical (unpaired) electrons. The number of benzene rings is 1. The lowest BCUT2D eigenvalue weighted by atomic mass is 10.2. The van der Waals surface area contributed by atoms with Crippen molar-refractivity contribution in [1.82, 2.24) is 10.2 Å². The van der Waals surface area contributed by atoms with Crippen molar-refractivity contribution in [3.63, 3.8) is 0 Å². The zero-order valence-electron chi connectivity index (χ0n) is 12.7. The summed E-state index contributed by atoms with van der Waals surface area (Å²) in [5.74, 6) is -0.529. The summed E-state index contributed by atoms with van der Waals surface area (Å²) in [6, 6.07) is 9.70. The van der Waals surface area contributed by atoms with Crippen LogP contribution >= 0.6 is 0 Å². The smallest absolute Gasteiger partial charge is 0.304 e. The van der Waals surface area contributed by atoms with Crippen LogP contribution in [-0.2, 0) is 16.1 Å². The second-order valence-electron chi connectivity index (χ2n) is 5.54. The highest BCUT2D eigenvalue weighted by atomic mass is 16.4. The highest BCUT2D eigenvalue weighted by molar-refractivity contribution is 5.78. The van der Waals surface area contributed by atoms with Crippen LogP contribution in [0.1, 0.15) is 25.8 Å². The molecule has 1 aromatic rings. The van der Waals surface area contributed by atoms with Gasteiger partial charge in [-0.15, -0.1) is 0 Å². The Hall–Kier alpha value is -1.88. The van der Waals surface area contributed by atoms with Crippen LogP contribution in [-0.4, -0.2) is 41.5 Å². The summed E-state index contributed by atoms with van der Waals surface area (Å²) < 4.78 is 0. The molecule has 0 aliphatic rings. The minimum Gasteiger partial charge on any atom is -0.481 e. The van der Waals surface area contributed by atoms with Crippen LogP contribution in [0.5, 0.6) is 0 Å². The zero-order valence-corrected chi connectivity index (χ0v) is 12.7. The van der Waals surface area contributed by atoms with E-state index in [9.17, 15) is 9.59 Å². The Morgan fingerprint density at radius 3 is 2.48 bits per heavy atom. The fourth-order valence-corrected chi connectivity index (χ4v) is 2.06. The normalized spacial score (nSPS) is 10.9. The summed E-state index contributed by atoms with van der Waals surface area (Å²) >= 11 is 0. The zero-order chi connectivity index (χ0) is 15.7. The lowest BCUT2D eigenvalue weighted by molar-refractivity contribution is -0.137. The molecule has 0 heterocycles. The van der Waals surface area contributed by atoms with Gasteiger partial charge in [-0.1, -0.05) is 44.2 Å². The molecule has 5 heteroatoms. The Morgan fingerprint density at radius 1 is 1.24 bits per heavy atom. The maximum atomic E-state index is 12.0. The molecular formula is C16H24N2O3. The average Bonchev–Trinajstić information content (AvgIpc) is 2.43. The van der Waals surface area contributed by atoms with Gasteiger partial charge in [-0.25, -0.2) is 0 Å². The first-order valence-electron chi connectivity index (χ1n) is 7.22. The molecule has 116 valence electrons. The van der Waals surface area contributed by atoms with E-state index in [1.165, 1.54) is 0 Å². The van der Waals surface area contributed by atoms with Gasteiger partial charge < -0.3 is 10.4 Å². The van der Waals surface area contributed by atoms with Crippen molar-refractivity contribution in [3.8, 4) is 0 Å². The first kappa shape index (κ1) is 17.2. The molecule has 5 nitrogen and oxygen atoms in total. The highest BCUT2D eigenvalue weighted by Gasteiger charge is 2.13. The fourth-order valence-electron chi connectivity index (χ4n) is 2.06. The highest BCUT2D eigenvalue weighted by Crippen LogP contribution is 2.01. The van der Waals surface area contributed by atoms with Gasteiger partial charge >= 0.3 is 5.97 Å². The number of carbonyl (C=O) groups excluding carboxylic acids is 1. The average molecular weight is 292 g/mol. The third-order valence-corrected chi connectivity index (χ3v) is 2.96. The SMILES string of the molecule is CC(C)CN(CCC(=O)O)CC(=O)NCc1ccccc1. The number of nitrogens with one attached hydrogen (secondary N) is 1. The van der Waals surface area contributed by atoms with E-state index >= 15 is 0 Å². The van der Waals surface area contributed by atoms with Gasteiger partial charge in [0.2, 0.25) is 5.91 Å². The number of aliphatic carboxylic acids is 1. The number of rotatable bonds is 9. The van der Waals surface area contributed by atoms with E-state index in [0.29, 0.717) is 25.6 Å². The molecule has 0 aliphatic carbocycles. The van der Waals surface area contributed by atoms with E-state index < -0.39 is 5.97 Å². The van der Waals surface area contributed by atoms with Crippen LogP contribution in [0.25, 0.3) is 0 Å². The molecule has 0 unspecified atom stereocenters. The minimum absolute atomic E-state index is 0.0543. The van der Waals surface area contributed by atoms with Gasteiger partial charge in [-0.3, -0.25) is 14.5 Å². The maximum absolute atomic E-state index is 12.0. The largest absolute Gasteiger partial charge is 0.481 e. The lowest BCUT2D eigenvalue weighted by Crippen LogP contribution is -2.39. The Balaban J connectivity index is 2.41. The van der Waals surface area contributed by atoms with E-state index in [0.717, 1.165) is 5.56 Å². The van der Waals surface area contributed by atoms with Crippen LogP contribution < -0.4 is 5.32 Å². The molecule has 0 bridgehead atoms. The molecule has 1 aromatic carbocycles. The van der Waals surface area contributed by atoms with Crippen molar-refractivity contribution in [2.24, 2.45) is 5.92 Å². The van der Waals surface area contributed by atoms with E-state index in [1.807, 2.05) is 35.2 Å². The van der Waals surface area contributed by atoms with Gasteiger partial charge in [-0.05, 0) is 11.5 Å². The number of carboxylic acids is 1. The Kier molecular flexibility index (Phi) is 7.46. The molecule has 0 aromatic heterocycles. The summed E-state index contributed by atoms with van der Waals surface area (Å²) in [6.07, 6.45) is 0.0543. The van der Waals surface area contributed by atoms with Crippen molar-refractivity contribution in [2.45, 2.75) is 26.8 Å². The first-order valence-corrected chi connectivity index (χ1v) is 7.22. The molecule has 0 aliphatic heterocycles. The summed E-state index contributed by atoms with van der Waals surface area (Å²) in [5, 5.41) is 11.6. The summed E-state index contributed by atoms with van der Waals surface area (Å²) in [6.45, 7) is 5.94. The van der Waals surface area contributed by atoms with Crippen molar-refractivity contribution >= 4 is 11.9 Å². The molecule has 1 rings (SSSR count). The van der Waals surface area contributed by atoms with Gasteiger partial charge in [0.15, 0.2) is 0 Å². The van der Waals surface area contributed by atoms with E-state index in [1.54, 1.807) is 0 Å². The molecule has 0 spiro atoms. The standard InChI is InChI=1S/C16H24N2O3/c1-13(2)11-18(9-8-16(20)21)12-15(19)17-10-14-6-4-3-5-7-14/h3-7,13H,8-12H2,1-2H3,(H,17,19)(H,20,21). The second kappa shape index (κ2) is 9.13. The van der Waals surface area contributed by atoms with Crippen molar-refractivity contribution in [2.75, 3.05) is 19.6 Å². The molecule has 0 saturated carbocycles. The van der Waals surface area contributed by atoms with Crippen LogP contribution in [0.15, 0.2) is 30.3 Å².